The van der Waals surface area contributed by atoms with Gasteiger partial charge in [-0.15, -0.1) is 0 Å². The van der Waals surface area contributed by atoms with Crippen molar-refractivity contribution in [2.75, 3.05) is 29.9 Å². The van der Waals surface area contributed by atoms with Gasteiger partial charge in [0, 0.05) is 19.6 Å². The molecule has 8 heteroatoms. The fourth-order valence-corrected chi connectivity index (χ4v) is 2.05. The van der Waals surface area contributed by atoms with Gasteiger partial charge in [0.2, 0.25) is 11.8 Å². The molecule has 0 aliphatic carbocycles. The molecule has 0 atom stereocenters. The second kappa shape index (κ2) is 5.79. The SMILES string of the molecule is CCNc1ncc([N+](=O)[O-])c(N2CCC(O)CC2)n1. The van der Waals surface area contributed by atoms with Crippen molar-refractivity contribution in [2.45, 2.75) is 25.9 Å². The molecule has 1 saturated heterocycles. The summed E-state index contributed by atoms with van der Waals surface area (Å²) in [5.41, 5.74) is -0.0990. The van der Waals surface area contributed by atoms with Gasteiger partial charge in [0.05, 0.1) is 11.0 Å². The van der Waals surface area contributed by atoms with E-state index in [9.17, 15) is 15.2 Å². The number of aliphatic hydroxyl groups is 1. The molecule has 8 nitrogen and oxygen atoms in total. The monoisotopic (exact) mass is 267 g/mol. The fourth-order valence-electron chi connectivity index (χ4n) is 2.05. The summed E-state index contributed by atoms with van der Waals surface area (Å²) in [6.45, 7) is 3.67. The summed E-state index contributed by atoms with van der Waals surface area (Å²) in [4.78, 5) is 20.5. The first kappa shape index (κ1) is 13.5. The van der Waals surface area contributed by atoms with E-state index < -0.39 is 4.92 Å². The zero-order valence-electron chi connectivity index (χ0n) is 10.7. The van der Waals surface area contributed by atoms with Gasteiger partial charge in [-0.05, 0) is 19.8 Å². The average molecular weight is 267 g/mol. The third kappa shape index (κ3) is 3.08. The van der Waals surface area contributed by atoms with E-state index in [1.807, 2.05) is 11.8 Å². The molecule has 1 aliphatic heterocycles. The molecule has 2 heterocycles. The maximum absolute atomic E-state index is 11.0. The summed E-state index contributed by atoms with van der Waals surface area (Å²) < 4.78 is 0. The summed E-state index contributed by atoms with van der Waals surface area (Å²) in [5, 5.41) is 23.5. The molecule has 2 rings (SSSR count). The largest absolute Gasteiger partial charge is 0.393 e. The number of anilines is 2. The molecule has 0 unspecified atom stereocenters. The first-order valence-electron chi connectivity index (χ1n) is 6.30. The van der Waals surface area contributed by atoms with E-state index in [1.54, 1.807) is 0 Å². The van der Waals surface area contributed by atoms with Crippen LogP contribution in [-0.2, 0) is 0 Å². The van der Waals surface area contributed by atoms with Crippen LogP contribution in [0.3, 0.4) is 0 Å². The Bertz CT molecular complexity index is 460. The van der Waals surface area contributed by atoms with Crippen molar-refractivity contribution in [1.29, 1.82) is 0 Å². The van der Waals surface area contributed by atoms with Gasteiger partial charge < -0.3 is 15.3 Å². The van der Waals surface area contributed by atoms with E-state index in [4.69, 9.17) is 0 Å². The standard InChI is InChI=1S/C11H17N5O3/c1-2-12-11-13-7-9(16(18)19)10(14-11)15-5-3-8(17)4-6-15/h7-8,17H,2-6H2,1H3,(H,12,13,14). The van der Waals surface area contributed by atoms with E-state index >= 15 is 0 Å². The van der Waals surface area contributed by atoms with Crippen molar-refractivity contribution in [3.63, 3.8) is 0 Å². The molecular formula is C11H17N5O3. The van der Waals surface area contributed by atoms with Crippen LogP contribution in [0.15, 0.2) is 6.20 Å². The molecule has 104 valence electrons. The van der Waals surface area contributed by atoms with Gasteiger partial charge in [-0.25, -0.2) is 4.98 Å². The molecule has 19 heavy (non-hydrogen) atoms. The smallest absolute Gasteiger partial charge is 0.329 e. The third-order valence-corrected chi connectivity index (χ3v) is 3.05. The maximum atomic E-state index is 11.0. The Morgan fingerprint density at radius 1 is 1.58 bits per heavy atom. The molecule has 0 radical (unpaired) electrons. The average Bonchev–Trinajstić information content (AvgIpc) is 2.39. The van der Waals surface area contributed by atoms with Crippen molar-refractivity contribution in [3.05, 3.63) is 16.3 Å². The van der Waals surface area contributed by atoms with E-state index in [-0.39, 0.29) is 11.8 Å². The van der Waals surface area contributed by atoms with Gasteiger partial charge in [0.25, 0.3) is 0 Å². The van der Waals surface area contributed by atoms with Crippen LogP contribution in [-0.4, -0.2) is 45.7 Å². The lowest BCUT2D eigenvalue weighted by Gasteiger charge is -2.30. The third-order valence-electron chi connectivity index (χ3n) is 3.05. The number of nitro groups is 1. The number of nitrogens with zero attached hydrogens (tertiary/aromatic N) is 4. The van der Waals surface area contributed by atoms with Crippen LogP contribution in [0.4, 0.5) is 17.5 Å². The minimum absolute atomic E-state index is 0.0990. The molecule has 0 bridgehead atoms. The Balaban J connectivity index is 2.29. The van der Waals surface area contributed by atoms with Crippen LogP contribution in [0.5, 0.6) is 0 Å². The van der Waals surface area contributed by atoms with E-state index in [2.05, 4.69) is 15.3 Å². The molecular weight excluding hydrogens is 250 g/mol. The van der Waals surface area contributed by atoms with Crippen LogP contribution in [0.25, 0.3) is 0 Å². The first-order valence-corrected chi connectivity index (χ1v) is 6.30. The van der Waals surface area contributed by atoms with Crippen LogP contribution < -0.4 is 10.2 Å². The van der Waals surface area contributed by atoms with E-state index in [1.165, 1.54) is 6.20 Å². The van der Waals surface area contributed by atoms with Crippen LogP contribution in [0.2, 0.25) is 0 Å². The van der Waals surface area contributed by atoms with Crippen LogP contribution in [0.1, 0.15) is 19.8 Å². The fraction of sp³-hybridized carbons (Fsp3) is 0.636. The first-order chi connectivity index (χ1) is 9.11. The second-order valence-corrected chi connectivity index (χ2v) is 4.41. The van der Waals surface area contributed by atoms with Crippen LogP contribution in [0, 0.1) is 10.1 Å². The quantitative estimate of drug-likeness (QED) is 0.613. The summed E-state index contributed by atoms with van der Waals surface area (Å²) in [6, 6.07) is 0. The number of hydrogen-bond acceptors (Lipinski definition) is 7. The highest BCUT2D eigenvalue weighted by molar-refractivity contribution is 5.59. The van der Waals surface area contributed by atoms with Gasteiger partial charge in [-0.3, -0.25) is 10.1 Å². The van der Waals surface area contributed by atoms with Gasteiger partial charge in [0.15, 0.2) is 0 Å². The predicted molar refractivity (Wildman–Crippen MR) is 70.3 cm³/mol. The molecule has 1 aliphatic rings. The van der Waals surface area contributed by atoms with Gasteiger partial charge in [-0.1, -0.05) is 0 Å². The summed E-state index contributed by atoms with van der Waals surface area (Å²) in [5.74, 6) is 0.706. The number of aliphatic hydroxyl groups excluding tert-OH is 1. The lowest BCUT2D eigenvalue weighted by molar-refractivity contribution is -0.384. The van der Waals surface area contributed by atoms with Crippen molar-refractivity contribution >= 4 is 17.5 Å². The molecule has 1 aromatic rings. The van der Waals surface area contributed by atoms with Crippen molar-refractivity contribution in [2.24, 2.45) is 0 Å². The molecule has 0 saturated carbocycles. The highest BCUT2D eigenvalue weighted by Gasteiger charge is 2.26. The Labute approximate surface area is 110 Å². The second-order valence-electron chi connectivity index (χ2n) is 4.41. The normalized spacial score (nSPS) is 16.4. The Morgan fingerprint density at radius 3 is 2.84 bits per heavy atom. The maximum Gasteiger partial charge on any atom is 0.329 e. The molecule has 2 N–H and O–H groups in total. The Hall–Kier alpha value is -1.96. The minimum atomic E-state index is -0.476. The predicted octanol–water partition coefficient (Wildman–Crippen LogP) is 0.778. The highest BCUT2D eigenvalue weighted by atomic mass is 16.6. The lowest BCUT2D eigenvalue weighted by Crippen LogP contribution is -2.36. The zero-order valence-corrected chi connectivity index (χ0v) is 10.7. The molecule has 0 aromatic carbocycles. The molecule has 1 fully saturated rings. The zero-order chi connectivity index (χ0) is 13.8. The Kier molecular flexibility index (Phi) is 4.10. The van der Waals surface area contributed by atoms with Crippen molar-refractivity contribution in [1.82, 2.24) is 9.97 Å². The van der Waals surface area contributed by atoms with Crippen LogP contribution >= 0.6 is 0 Å². The number of piperidine rings is 1. The number of rotatable bonds is 4. The molecule has 0 amide bonds. The van der Waals surface area contributed by atoms with Gasteiger partial charge >= 0.3 is 5.69 Å². The Morgan fingerprint density at radius 2 is 2.26 bits per heavy atom. The van der Waals surface area contributed by atoms with Crippen molar-refractivity contribution < 1.29 is 10.0 Å². The molecule has 0 spiro atoms. The highest BCUT2D eigenvalue weighted by Crippen LogP contribution is 2.28. The summed E-state index contributed by atoms with van der Waals surface area (Å²) in [7, 11) is 0. The summed E-state index contributed by atoms with van der Waals surface area (Å²) in [6.07, 6.45) is 2.09. The van der Waals surface area contributed by atoms with Crippen molar-refractivity contribution in [3.8, 4) is 0 Å². The molecule has 1 aromatic heterocycles. The summed E-state index contributed by atoms with van der Waals surface area (Å²) >= 11 is 0. The number of aromatic nitrogens is 2. The minimum Gasteiger partial charge on any atom is -0.393 e. The number of hydrogen-bond donors (Lipinski definition) is 2. The number of nitrogens with one attached hydrogen (secondary N) is 1. The van der Waals surface area contributed by atoms with Gasteiger partial charge in [0.1, 0.15) is 6.20 Å². The van der Waals surface area contributed by atoms with E-state index in [0.717, 1.165) is 0 Å². The van der Waals surface area contributed by atoms with E-state index in [0.29, 0.717) is 44.2 Å². The topological polar surface area (TPSA) is 104 Å². The van der Waals surface area contributed by atoms with Gasteiger partial charge in [-0.2, -0.15) is 4.98 Å². The lowest BCUT2D eigenvalue weighted by atomic mass is 10.1.